The first-order chi connectivity index (χ1) is 22.2. The van der Waals surface area contributed by atoms with Crippen LogP contribution >= 0.6 is 0 Å². The van der Waals surface area contributed by atoms with Crippen molar-refractivity contribution in [2.24, 2.45) is 10.8 Å². The molecule has 0 aromatic heterocycles. The van der Waals surface area contributed by atoms with Crippen LogP contribution in [0.25, 0.3) is 9.81 Å². The van der Waals surface area contributed by atoms with Crippen molar-refractivity contribution in [1.29, 1.82) is 0 Å². The van der Waals surface area contributed by atoms with Crippen molar-refractivity contribution in [2.45, 2.75) is 95.5 Å². The quantitative estimate of drug-likeness (QED) is 0.295. The van der Waals surface area contributed by atoms with Crippen molar-refractivity contribution >= 4 is 29.5 Å². The van der Waals surface area contributed by atoms with Gasteiger partial charge in [-0.25, -0.2) is 16.8 Å². The summed E-state index contributed by atoms with van der Waals surface area (Å²) in [5, 5.41) is 0. The van der Waals surface area contributed by atoms with Gasteiger partial charge in [0.2, 0.25) is 0 Å². The second-order valence-electron chi connectivity index (χ2n) is 16.0. The molecule has 2 aromatic carbocycles. The number of alkyl halides is 6. The minimum atomic E-state index is -6.02. The van der Waals surface area contributed by atoms with Gasteiger partial charge in [-0.15, -0.1) is 0 Å². The number of fused-ring (bicyclic) bond motifs is 4. The van der Waals surface area contributed by atoms with Crippen molar-refractivity contribution < 1.29 is 43.2 Å². The molecule has 4 aliphatic rings. The van der Waals surface area contributed by atoms with E-state index in [1.54, 1.807) is 53.7 Å². The zero-order chi connectivity index (χ0) is 36.8. The summed E-state index contributed by atoms with van der Waals surface area (Å²) in [5.74, 6) is -17.2. The highest BCUT2D eigenvalue weighted by molar-refractivity contribution is 8.06. The summed E-state index contributed by atoms with van der Waals surface area (Å²) in [6.07, 6.45) is -1.33. The summed E-state index contributed by atoms with van der Waals surface area (Å²) in [7, 11) is -10.3. The summed E-state index contributed by atoms with van der Waals surface area (Å²) < 4.78 is 155. The summed E-state index contributed by atoms with van der Waals surface area (Å²) >= 11 is 0. The van der Waals surface area contributed by atoms with Crippen LogP contribution < -0.4 is 0 Å². The van der Waals surface area contributed by atoms with Gasteiger partial charge in [0.15, 0.2) is 19.7 Å². The molecule has 12 heteroatoms. The molecule has 6 rings (SSSR count). The largest absolute Gasteiger partial charge is 0.380 e. The highest BCUT2D eigenvalue weighted by Gasteiger charge is 2.88. The molecule has 2 aliphatic heterocycles. The molecule has 4 nitrogen and oxygen atoms in total. The fourth-order valence-corrected chi connectivity index (χ4v) is 15.7. The molecule has 0 saturated heterocycles. The van der Waals surface area contributed by atoms with Crippen LogP contribution in [0.3, 0.4) is 0 Å². The normalized spacial score (nSPS) is 29.3. The Bertz CT molecular complexity index is 2000. The highest BCUT2D eigenvalue weighted by atomic mass is 32.2. The minimum Gasteiger partial charge on any atom is -0.223 e. The Morgan fingerprint density at radius 1 is 0.510 bits per heavy atom. The Balaban J connectivity index is 2.01. The molecular weight excluding hydrogens is 687 g/mol. The van der Waals surface area contributed by atoms with Crippen molar-refractivity contribution in [3.05, 3.63) is 105 Å². The lowest BCUT2D eigenvalue weighted by Crippen LogP contribution is -2.66. The molecular formula is C37H38F6O4S2. The van der Waals surface area contributed by atoms with Gasteiger partial charge < -0.3 is 0 Å². The summed E-state index contributed by atoms with van der Waals surface area (Å²) in [6.45, 7) is 11.7. The Labute approximate surface area is 283 Å². The standard InChI is InChI=1S/C37H38F6O4S2/c1-21-25-27-28(36(40,41)37(42,43)35(27,38)39)26-22(2)30(24-17-13-10-14-18-24)49(46,47)34(26,20-32(6,7)8)33(25,19-31(3,4)5)48(44,45)29(21)23-15-11-9-12-16-23/h9-18H,19-20H2,1-8H3. The van der Waals surface area contributed by atoms with E-state index in [0.717, 1.165) is 13.8 Å². The number of halogens is 6. The number of sulfone groups is 2. The molecule has 0 spiro atoms. The molecule has 2 heterocycles. The maximum absolute atomic E-state index is 16.5. The van der Waals surface area contributed by atoms with Crippen molar-refractivity contribution in [2.75, 3.05) is 0 Å². The Morgan fingerprint density at radius 2 is 0.796 bits per heavy atom. The van der Waals surface area contributed by atoms with Gasteiger partial charge in [0, 0.05) is 11.1 Å². The van der Waals surface area contributed by atoms with E-state index in [2.05, 4.69) is 0 Å². The van der Waals surface area contributed by atoms with E-state index in [1.165, 1.54) is 48.5 Å². The van der Waals surface area contributed by atoms with Gasteiger partial charge in [-0.2, -0.15) is 26.3 Å². The van der Waals surface area contributed by atoms with Gasteiger partial charge >= 0.3 is 17.8 Å². The molecule has 0 amide bonds. The first-order valence-corrected chi connectivity index (χ1v) is 18.8. The van der Waals surface area contributed by atoms with E-state index >= 15 is 43.2 Å². The van der Waals surface area contributed by atoms with Crippen LogP contribution in [-0.4, -0.2) is 44.1 Å². The number of hydrogen-bond acceptors (Lipinski definition) is 4. The van der Waals surface area contributed by atoms with Crippen molar-refractivity contribution in [3.63, 3.8) is 0 Å². The topological polar surface area (TPSA) is 68.3 Å². The maximum Gasteiger partial charge on any atom is 0.380 e. The number of allylic oxidation sites excluding steroid dienone is 4. The van der Waals surface area contributed by atoms with Gasteiger partial charge in [0.05, 0.1) is 9.81 Å². The molecule has 2 aromatic rings. The average molecular weight is 725 g/mol. The molecule has 1 saturated carbocycles. The van der Waals surface area contributed by atoms with Gasteiger partial charge in [0.25, 0.3) is 0 Å². The number of hydrogen-bond donors (Lipinski definition) is 0. The lowest BCUT2D eigenvalue weighted by atomic mass is 9.59. The predicted octanol–water partition coefficient (Wildman–Crippen LogP) is 9.58. The molecule has 1 fully saturated rings. The lowest BCUT2D eigenvalue weighted by Gasteiger charge is -2.54. The Kier molecular flexibility index (Phi) is 7.30. The van der Waals surface area contributed by atoms with E-state index < -0.39 is 114 Å². The van der Waals surface area contributed by atoms with Gasteiger partial charge in [-0.3, -0.25) is 0 Å². The third-order valence-electron chi connectivity index (χ3n) is 10.1. The fourth-order valence-electron chi connectivity index (χ4n) is 8.93. The summed E-state index contributed by atoms with van der Waals surface area (Å²) in [4.78, 5) is -1.10. The lowest BCUT2D eigenvalue weighted by molar-refractivity contribution is -0.258. The van der Waals surface area contributed by atoms with E-state index in [-0.39, 0.29) is 11.1 Å². The van der Waals surface area contributed by atoms with Crippen LogP contribution in [-0.2, 0) is 19.7 Å². The van der Waals surface area contributed by atoms with Crippen LogP contribution in [0.2, 0.25) is 0 Å². The van der Waals surface area contributed by atoms with E-state index in [4.69, 9.17) is 0 Å². The Hall–Kier alpha value is -3.12. The summed E-state index contributed by atoms with van der Waals surface area (Å²) in [5.41, 5.74) is -8.82. The van der Waals surface area contributed by atoms with E-state index in [0.29, 0.717) is 0 Å². The Morgan fingerprint density at radius 3 is 1.06 bits per heavy atom. The third kappa shape index (κ3) is 4.10. The molecule has 0 bridgehead atoms. The van der Waals surface area contributed by atoms with E-state index in [9.17, 15) is 0 Å². The molecule has 264 valence electrons. The van der Waals surface area contributed by atoms with Crippen LogP contribution in [0, 0.1) is 10.8 Å². The highest BCUT2D eigenvalue weighted by Crippen LogP contribution is 2.77. The monoisotopic (exact) mass is 724 g/mol. The smallest absolute Gasteiger partial charge is 0.223 e. The van der Waals surface area contributed by atoms with Crippen molar-refractivity contribution in [3.8, 4) is 0 Å². The second kappa shape index (κ2) is 10.0. The third-order valence-corrected chi connectivity index (χ3v) is 15.7. The average Bonchev–Trinajstić information content (AvgIpc) is 3.28. The fraction of sp³-hybridized carbons (Fsp3) is 0.459. The first-order valence-electron chi connectivity index (χ1n) is 15.9. The van der Waals surface area contributed by atoms with Crippen LogP contribution in [0.4, 0.5) is 26.3 Å². The molecule has 49 heavy (non-hydrogen) atoms. The summed E-state index contributed by atoms with van der Waals surface area (Å²) in [6, 6.07) is 14.6. The van der Waals surface area contributed by atoms with Crippen LogP contribution in [0.5, 0.6) is 0 Å². The zero-order valence-electron chi connectivity index (χ0n) is 28.4. The minimum absolute atomic E-state index is 0.00650. The molecule has 0 N–H and O–H groups in total. The maximum atomic E-state index is 16.5. The molecule has 2 atom stereocenters. The van der Waals surface area contributed by atoms with Crippen LogP contribution in [0.15, 0.2) is 94.1 Å². The first kappa shape index (κ1) is 35.7. The zero-order valence-corrected chi connectivity index (χ0v) is 30.0. The number of rotatable bonds is 4. The van der Waals surface area contributed by atoms with Gasteiger partial charge in [0.1, 0.15) is 9.49 Å². The molecule has 0 radical (unpaired) electrons. The van der Waals surface area contributed by atoms with E-state index in [1.807, 2.05) is 0 Å². The van der Waals surface area contributed by atoms with Crippen molar-refractivity contribution in [1.82, 2.24) is 0 Å². The number of benzene rings is 2. The van der Waals surface area contributed by atoms with Gasteiger partial charge in [-0.05, 0) is 70.9 Å². The van der Waals surface area contributed by atoms with Gasteiger partial charge in [-0.1, -0.05) is 102 Å². The second-order valence-corrected chi connectivity index (χ2v) is 20.2. The SMILES string of the molecule is CC1=C(c2ccccc2)S(=O)(=O)C2(CC(C)(C)C)C1=C1C(=C3C(C)=C(c4ccccc4)S(=O)(=O)C32CC(C)(C)C)C(F)(F)C(F)(F)C1(F)F. The predicted molar refractivity (Wildman–Crippen MR) is 178 cm³/mol. The molecule has 2 unspecified atom stereocenters. The van der Waals surface area contributed by atoms with Crippen LogP contribution in [0.1, 0.15) is 79.4 Å². The molecule has 2 aliphatic carbocycles.